The number of anilines is 1. The second-order valence-electron chi connectivity index (χ2n) is 4.30. The van der Waals surface area contributed by atoms with Gasteiger partial charge < -0.3 is 5.32 Å². The van der Waals surface area contributed by atoms with E-state index in [2.05, 4.69) is 55.5 Å². The van der Waals surface area contributed by atoms with Crippen molar-refractivity contribution >= 4 is 21.9 Å². The Labute approximate surface area is 108 Å². The van der Waals surface area contributed by atoms with Crippen LogP contribution < -0.4 is 5.32 Å². The van der Waals surface area contributed by atoms with Gasteiger partial charge in [0.1, 0.15) is 0 Å². The molecule has 0 amide bonds. The quantitative estimate of drug-likeness (QED) is 0.942. The summed E-state index contributed by atoms with van der Waals surface area (Å²) >= 11 is 3.33. The molecule has 0 atom stereocenters. The molecule has 1 N–H and O–H groups in total. The normalized spacial score (nSPS) is 16.5. The number of nitrogens with one attached hydrogen (secondary N) is 1. The lowest BCUT2D eigenvalue weighted by Gasteiger charge is -2.17. The summed E-state index contributed by atoms with van der Waals surface area (Å²) in [5.41, 5.74) is 1.36. The lowest BCUT2D eigenvalue weighted by Crippen LogP contribution is -2.20. The van der Waals surface area contributed by atoms with Gasteiger partial charge in [-0.2, -0.15) is 0 Å². The van der Waals surface area contributed by atoms with Crippen LogP contribution in [-0.2, 0) is 5.54 Å². The van der Waals surface area contributed by atoms with Gasteiger partial charge in [-0.1, -0.05) is 30.3 Å². The minimum Gasteiger partial charge on any atom is -0.345 e. The van der Waals surface area contributed by atoms with E-state index >= 15 is 0 Å². The molecule has 1 fully saturated rings. The van der Waals surface area contributed by atoms with E-state index in [1.165, 1.54) is 5.56 Å². The van der Waals surface area contributed by atoms with Crippen LogP contribution in [0.25, 0.3) is 0 Å². The molecule has 3 nitrogen and oxygen atoms in total. The second-order valence-corrected chi connectivity index (χ2v) is 5.21. The first-order chi connectivity index (χ1) is 8.28. The van der Waals surface area contributed by atoms with E-state index in [0.29, 0.717) is 5.95 Å². The van der Waals surface area contributed by atoms with Crippen LogP contribution in [0.4, 0.5) is 5.95 Å². The molecule has 0 bridgehead atoms. The molecule has 1 aliphatic carbocycles. The van der Waals surface area contributed by atoms with Crippen LogP contribution in [-0.4, -0.2) is 9.97 Å². The Morgan fingerprint density at radius 3 is 2.29 bits per heavy atom. The van der Waals surface area contributed by atoms with Crippen molar-refractivity contribution in [1.82, 2.24) is 9.97 Å². The first kappa shape index (κ1) is 10.7. The molecular weight excluding hydrogens is 278 g/mol. The average molecular weight is 290 g/mol. The fraction of sp³-hybridized carbons (Fsp3) is 0.231. The Morgan fingerprint density at radius 1 is 1.06 bits per heavy atom. The molecule has 86 valence electrons. The fourth-order valence-corrected chi connectivity index (χ4v) is 2.16. The van der Waals surface area contributed by atoms with Crippen molar-refractivity contribution in [2.45, 2.75) is 18.4 Å². The summed E-state index contributed by atoms with van der Waals surface area (Å²) in [6, 6.07) is 10.5. The molecule has 0 spiro atoms. The van der Waals surface area contributed by atoms with Crippen LogP contribution >= 0.6 is 15.9 Å². The van der Waals surface area contributed by atoms with Gasteiger partial charge in [0.2, 0.25) is 5.95 Å². The molecule has 1 heterocycles. The summed E-state index contributed by atoms with van der Waals surface area (Å²) < 4.78 is 0.896. The third-order valence-corrected chi connectivity index (χ3v) is 3.46. The third-order valence-electron chi connectivity index (χ3n) is 3.05. The Hall–Kier alpha value is -1.42. The van der Waals surface area contributed by atoms with Crippen LogP contribution in [0.15, 0.2) is 47.2 Å². The highest BCUT2D eigenvalue weighted by Gasteiger charge is 2.44. The minimum absolute atomic E-state index is 0.0507. The highest BCUT2D eigenvalue weighted by Crippen LogP contribution is 2.47. The van der Waals surface area contributed by atoms with Crippen molar-refractivity contribution in [3.63, 3.8) is 0 Å². The summed E-state index contributed by atoms with van der Waals surface area (Å²) in [5, 5.41) is 3.43. The number of hydrogen-bond donors (Lipinski definition) is 1. The Morgan fingerprint density at radius 2 is 1.71 bits per heavy atom. The highest BCUT2D eigenvalue weighted by atomic mass is 79.9. The van der Waals surface area contributed by atoms with Crippen molar-refractivity contribution in [2.24, 2.45) is 0 Å². The minimum atomic E-state index is 0.0507. The smallest absolute Gasteiger partial charge is 0.223 e. The maximum atomic E-state index is 4.26. The standard InChI is InChI=1S/C13H12BrN3/c14-11-8-15-12(16-9-11)17-13(6-7-13)10-4-2-1-3-5-10/h1-5,8-9H,6-7H2,(H,15,16,17). The SMILES string of the molecule is Brc1cnc(NC2(c3ccccc3)CC2)nc1. The Kier molecular flexibility index (Phi) is 2.59. The van der Waals surface area contributed by atoms with Crippen LogP contribution in [0.2, 0.25) is 0 Å². The van der Waals surface area contributed by atoms with E-state index in [-0.39, 0.29) is 5.54 Å². The molecule has 1 saturated carbocycles. The third kappa shape index (κ3) is 2.17. The molecule has 1 aromatic carbocycles. The maximum Gasteiger partial charge on any atom is 0.223 e. The number of nitrogens with zero attached hydrogens (tertiary/aromatic N) is 2. The zero-order valence-corrected chi connectivity index (χ0v) is 10.8. The van der Waals surface area contributed by atoms with E-state index in [1.807, 2.05) is 6.07 Å². The second kappa shape index (κ2) is 4.11. The van der Waals surface area contributed by atoms with Crippen molar-refractivity contribution in [1.29, 1.82) is 0 Å². The van der Waals surface area contributed by atoms with Gasteiger partial charge in [0.25, 0.3) is 0 Å². The molecule has 0 aliphatic heterocycles. The summed E-state index contributed by atoms with van der Waals surface area (Å²) in [4.78, 5) is 8.52. The van der Waals surface area contributed by atoms with Gasteiger partial charge in [-0.05, 0) is 34.3 Å². The highest BCUT2D eigenvalue weighted by molar-refractivity contribution is 9.10. The summed E-state index contributed by atoms with van der Waals surface area (Å²) in [6.45, 7) is 0. The van der Waals surface area contributed by atoms with Gasteiger partial charge >= 0.3 is 0 Å². The largest absolute Gasteiger partial charge is 0.345 e. The Bertz CT molecular complexity index is 506. The van der Waals surface area contributed by atoms with Crippen LogP contribution in [0.1, 0.15) is 18.4 Å². The lowest BCUT2D eigenvalue weighted by molar-refractivity contribution is 0.789. The monoisotopic (exact) mass is 289 g/mol. The van der Waals surface area contributed by atoms with Crippen molar-refractivity contribution in [3.05, 3.63) is 52.8 Å². The first-order valence-corrected chi connectivity index (χ1v) is 6.39. The summed E-state index contributed by atoms with van der Waals surface area (Å²) in [6.07, 6.45) is 5.79. The molecule has 1 aliphatic rings. The van der Waals surface area contributed by atoms with Gasteiger partial charge in [0.05, 0.1) is 10.0 Å². The van der Waals surface area contributed by atoms with Crippen LogP contribution in [0, 0.1) is 0 Å². The van der Waals surface area contributed by atoms with Gasteiger partial charge in [-0.25, -0.2) is 9.97 Å². The van der Waals surface area contributed by atoms with E-state index < -0.39 is 0 Å². The fourth-order valence-electron chi connectivity index (χ4n) is 1.96. The number of benzene rings is 1. The molecule has 17 heavy (non-hydrogen) atoms. The van der Waals surface area contributed by atoms with E-state index in [9.17, 15) is 0 Å². The van der Waals surface area contributed by atoms with Gasteiger partial charge in [0.15, 0.2) is 0 Å². The number of hydrogen-bond acceptors (Lipinski definition) is 3. The molecule has 0 radical (unpaired) electrons. The molecule has 4 heteroatoms. The van der Waals surface area contributed by atoms with Gasteiger partial charge in [-0.3, -0.25) is 0 Å². The van der Waals surface area contributed by atoms with Gasteiger partial charge in [0, 0.05) is 12.4 Å². The van der Waals surface area contributed by atoms with E-state index in [4.69, 9.17) is 0 Å². The zero-order chi connectivity index (χ0) is 11.7. The Balaban J connectivity index is 1.83. The van der Waals surface area contributed by atoms with E-state index in [1.54, 1.807) is 12.4 Å². The van der Waals surface area contributed by atoms with Gasteiger partial charge in [-0.15, -0.1) is 0 Å². The number of rotatable bonds is 3. The van der Waals surface area contributed by atoms with Crippen molar-refractivity contribution in [3.8, 4) is 0 Å². The average Bonchev–Trinajstić information content (AvgIpc) is 3.15. The van der Waals surface area contributed by atoms with Crippen molar-refractivity contribution in [2.75, 3.05) is 5.32 Å². The first-order valence-electron chi connectivity index (χ1n) is 5.60. The zero-order valence-electron chi connectivity index (χ0n) is 9.23. The summed E-state index contributed by atoms with van der Waals surface area (Å²) in [7, 11) is 0. The van der Waals surface area contributed by atoms with Crippen molar-refractivity contribution < 1.29 is 0 Å². The molecule has 0 unspecified atom stereocenters. The molecular formula is C13H12BrN3. The lowest BCUT2D eigenvalue weighted by atomic mass is 10.1. The number of aromatic nitrogens is 2. The molecule has 1 aromatic heterocycles. The predicted molar refractivity (Wildman–Crippen MR) is 70.7 cm³/mol. The molecule has 2 aromatic rings. The maximum absolute atomic E-state index is 4.26. The van der Waals surface area contributed by atoms with Crippen LogP contribution in [0.5, 0.6) is 0 Å². The predicted octanol–water partition coefficient (Wildman–Crippen LogP) is 3.34. The van der Waals surface area contributed by atoms with Crippen LogP contribution in [0.3, 0.4) is 0 Å². The summed E-state index contributed by atoms with van der Waals surface area (Å²) in [5.74, 6) is 0.689. The molecule has 0 saturated heterocycles. The van der Waals surface area contributed by atoms with E-state index in [0.717, 1.165) is 17.3 Å². The topological polar surface area (TPSA) is 37.8 Å². The molecule has 3 rings (SSSR count). The number of halogens is 1.